The number of halogens is 3. The highest BCUT2D eigenvalue weighted by Crippen LogP contribution is 2.34. The summed E-state index contributed by atoms with van der Waals surface area (Å²) in [7, 11) is 0. The second-order valence-electron chi connectivity index (χ2n) is 4.19. The summed E-state index contributed by atoms with van der Waals surface area (Å²) in [6.07, 6.45) is 0.00661. The molecule has 1 atom stereocenters. The fourth-order valence-electron chi connectivity index (χ4n) is 1.25. The lowest BCUT2D eigenvalue weighted by Gasteiger charge is -2.18. The van der Waals surface area contributed by atoms with Gasteiger partial charge in [-0.2, -0.15) is 0 Å². The number of hydrogen-bond donors (Lipinski definition) is 1. The van der Waals surface area contributed by atoms with Crippen LogP contribution in [0, 0.1) is 0 Å². The van der Waals surface area contributed by atoms with Crippen molar-refractivity contribution < 1.29 is 4.74 Å². The zero-order valence-corrected chi connectivity index (χ0v) is 12.3. The molecule has 5 heteroatoms. The molecule has 0 aliphatic carbocycles. The SMILES string of the molecule is CC(C)NCC(C)Oc1cc(Cl)c(Cl)cc1Cl. The topological polar surface area (TPSA) is 21.3 Å². The Kier molecular flexibility index (Phi) is 5.87. The molecule has 2 nitrogen and oxygen atoms in total. The van der Waals surface area contributed by atoms with E-state index in [-0.39, 0.29) is 6.10 Å². The van der Waals surface area contributed by atoms with Crippen LogP contribution in [-0.2, 0) is 0 Å². The summed E-state index contributed by atoms with van der Waals surface area (Å²) in [6.45, 7) is 6.88. The van der Waals surface area contributed by atoms with Gasteiger partial charge in [0, 0.05) is 18.7 Å². The van der Waals surface area contributed by atoms with Crippen molar-refractivity contribution in [3.8, 4) is 5.75 Å². The van der Waals surface area contributed by atoms with Gasteiger partial charge in [-0.25, -0.2) is 0 Å². The van der Waals surface area contributed by atoms with Crippen molar-refractivity contribution in [2.75, 3.05) is 6.54 Å². The van der Waals surface area contributed by atoms with Crippen molar-refractivity contribution in [3.63, 3.8) is 0 Å². The Labute approximate surface area is 117 Å². The molecule has 0 spiro atoms. The normalized spacial score (nSPS) is 12.9. The maximum Gasteiger partial charge on any atom is 0.139 e. The van der Waals surface area contributed by atoms with Crippen molar-refractivity contribution in [1.82, 2.24) is 5.32 Å². The van der Waals surface area contributed by atoms with Gasteiger partial charge in [0.15, 0.2) is 0 Å². The molecule has 0 aliphatic heterocycles. The molecular formula is C12H16Cl3NO. The fraction of sp³-hybridized carbons (Fsp3) is 0.500. The summed E-state index contributed by atoms with van der Waals surface area (Å²) in [4.78, 5) is 0. The molecule has 1 N–H and O–H groups in total. The highest BCUT2D eigenvalue weighted by Gasteiger charge is 2.10. The third-order valence-corrected chi connectivity index (χ3v) is 3.13. The molecule has 1 aromatic carbocycles. The van der Waals surface area contributed by atoms with Gasteiger partial charge >= 0.3 is 0 Å². The average molecular weight is 297 g/mol. The number of ether oxygens (including phenoxy) is 1. The van der Waals surface area contributed by atoms with E-state index in [0.29, 0.717) is 26.9 Å². The van der Waals surface area contributed by atoms with Crippen molar-refractivity contribution in [2.24, 2.45) is 0 Å². The van der Waals surface area contributed by atoms with Gasteiger partial charge in [-0.3, -0.25) is 0 Å². The molecule has 17 heavy (non-hydrogen) atoms. The first-order valence-corrected chi connectivity index (χ1v) is 6.58. The predicted molar refractivity (Wildman–Crippen MR) is 74.7 cm³/mol. The van der Waals surface area contributed by atoms with Crippen LogP contribution < -0.4 is 10.1 Å². The number of rotatable bonds is 5. The number of benzene rings is 1. The third-order valence-electron chi connectivity index (χ3n) is 2.12. The smallest absolute Gasteiger partial charge is 0.139 e. The number of nitrogens with one attached hydrogen (secondary N) is 1. The van der Waals surface area contributed by atoms with E-state index in [0.717, 1.165) is 6.54 Å². The molecule has 0 amide bonds. The van der Waals surface area contributed by atoms with E-state index in [1.807, 2.05) is 6.92 Å². The number of hydrogen-bond acceptors (Lipinski definition) is 2. The van der Waals surface area contributed by atoms with Gasteiger partial charge in [0.25, 0.3) is 0 Å². The van der Waals surface area contributed by atoms with Gasteiger partial charge < -0.3 is 10.1 Å². The van der Waals surface area contributed by atoms with Crippen LogP contribution in [0.2, 0.25) is 15.1 Å². The first-order chi connectivity index (χ1) is 7.90. The van der Waals surface area contributed by atoms with Crippen molar-refractivity contribution in [2.45, 2.75) is 32.9 Å². The zero-order valence-electron chi connectivity index (χ0n) is 10.1. The minimum absolute atomic E-state index is 0.00661. The van der Waals surface area contributed by atoms with E-state index in [2.05, 4.69) is 19.2 Å². The lowest BCUT2D eigenvalue weighted by molar-refractivity contribution is 0.214. The first kappa shape index (κ1) is 14.9. The summed E-state index contributed by atoms with van der Waals surface area (Å²) < 4.78 is 5.69. The monoisotopic (exact) mass is 295 g/mol. The van der Waals surface area contributed by atoms with Crippen LogP contribution in [0.3, 0.4) is 0 Å². The highest BCUT2D eigenvalue weighted by atomic mass is 35.5. The molecular weight excluding hydrogens is 280 g/mol. The Hall–Kier alpha value is -0.150. The minimum atomic E-state index is 0.00661. The molecule has 0 aliphatic rings. The summed E-state index contributed by atoms with van der Waals surface area (Å²) in [5.41, 5.74) is 0. The van der Waals surface area contributed by atoms with Gasteiger partial charge in [0.05, 0.1) is 15.1 Å². The van der Waals surface area contributed by atoms with Crippen LogP contribution in [0.25, 0.3) is 0 Å². The van der Waals surface area contributed by atoms with Crippen LogP contribution in [0.5, 0.6) is 5.75 Å². The van der Waals surface area contributed by atoms with Crippen LogP contribution in [-0.4, -0.2) is 18.7 Å². The molecule has 1 rings (SSSR count). The molecule has 96 valence electrons. The van der Waals surface area contributed by atoms with Crippen LogP contribution in [0.1, 0.15) is 20.8 Å². The maximum absolute atomic E-state index is 6.02. The van der Waals surface area contributed by atoms with Gasteiger partial charge in [0.1, 0.15) is 11.9 Å². The Balaban J connectivity index is 2.65. The molecule has 0 bridgehead atoms. The molecule has 0 saturated carbocycles. The van der Waals surface area contributed by atoms with E-state index < -0.39 is 0 Å². The summed E-state index contributed by atoms with van der Waals surface area (Å²) in [6, 6.07) is 3.65. The van der Waals surface area contributed by atoms with Crippen LogP contribution in [0.4, 0.5) is 0 Å². The van der Waals surface area contributed by atoms with E-state index in [1.165, 1.54) is 0 Å². The van der Waals surface area contributed by atoms with E-state index in [1.54, 1.807) is 12.1 Å². The van der Waals surface area contributed by atoms with Gasteiger partial charge in [-0.1, -0.05) is 48.7 Å². The van der Waals surface area contributed by atoms with Crippen molar-refractivity contribution in [1.29, 1.82) is 0 Å². The van der Waals surface area contributed by atoms with Gasteiger partial charge in [-0.15, -0.1) is 0 Å². The molecule has 0 fully saturated rings. The van der Waals surface area contributed by atoms with Gasteiger partial charge in [0.2, 0.25) is 0 Å². The molecule has 0 radical (unpaired) electrons. The summed E-state index contributed by atoms with van der Waals surface area (Å²) in [5, 5.41) is 4.62. The second-order valence-corrected chi connectivity index (χ2v) is 5.41. The van der Waals surface area contributed by atoms with Crippen molar-refractivity contribution >= 4 is 34.8 Å². The predicted octanol–water partition coefficient (Wildman–Crippen LogP) is 4.41. The molecule has 0 saturated heterocycles. The molecule has 1 unspecified atom stereocenters. The quantitative estimate of drug-likeness (QED) is 0.813. The first-order valence-electron chi connectivity index (χ1n) is 5.44. The second kappa shape index (κ2) is 6.69. The summed E-state index contributed by atoms with van der Waals surface area (Å²) >= 11 is 17.8. The van der Waals surface area contributed by atoms with E-state index in [4.69, 9.17) is 39.5 Å². The minimum Gasteiger partial charge on any atom is -0.488 e. The largest absolute Gasteiger partial charge is 0.488 e. The fourth-order valence-corrected chi connectivity index (χ4v) is 1.84. The van der Waals surface area contributed by atoms with Gasteiger partial charge in [-0.05, 0) is 13.0 Å². The summed E-state index contributed by atoms with van der Waals surface area (Å²) in [5.74, 6) is 0.555. The lowest BCUT2D eigenvalue weighted by Crippen LogP contribution is -2.33. The maximum atomic E-state index is 6.02. The zero-order chi connectivity index (χ0) is 13.0. The van der Waals surface area contributed by atoms with Crippen molar-refractivity contribution in [3.05, 3.63) is 27.2 Å². The van der Waals surface area contributed by atoms with E-state index >= 15 is 0 Å². The van der Waals surface area contributed by atoms with Crippen LogP contribution in [0.15, 0.2) is 12.1 Å². The van der Waals surface area contributed by atoms with Crippen LogP contribution >= 0.6 is 34.8 Å². The van der Waals surface area contributed by atoms with E-state index in [9.17, 15) is 0 Å². The Morgan fingerprint density at radius 1 is 1.06 bits per heavy atom. The molecule has 1 aromatic rings. The highest BCUT2D eigenvalue weighted by molar-refractivity contribution is 6.43. The Bertz CT molecular complexity index is 382. The Morgan fingerprint density at radius 2 is 1.65 bits per heavy atom. The lowest BCUT2D eigenvalue weighted by atomic mass is 10.3. The average Bonchev–Trinajstić information content (AvgIpc) is 2.23. The Morgan fingerprint density at radius 3 is 2.24 bits per heavy atom. The molecule has 0 aromatic heterocycles. The third kappa shape index (κ3) is 4.92. The molecule has 0 heterocycles. The standard InChI is InChI=1S/C12H16Cl3NO/c1-7(2)16-6-8(3)17-12-5-10(14)9(13)4-11(12)15/h4-5,7-8,16H,6H2,1-3H3.